The Bertz CT molecular complexity index is 747. The predicted molar refractivity (Wildman–Crippen MR) is 91.4 cm³/mol. The first-order chi connectivity index (χ1) is 11.4. The van der Waals surface area contributed by atoms with E-state index < -0.39 is 11.7 Å². The van der Waals surface area contributed by atoms with Crippen LogP contribution in [-0.4, -0.2) is 18.4 Å². The second-order valence-corrected chi connectivity index (χ2v) is 5.05. The molecule has 0 aliphatic rings. The smallest absolute Gasteiger partial charge is 0.418 e. The standard InChI is InChI=1S/C16H14F3N3OS/c1-23-12-6-4-5-11(9-12)10-20-22-15(24)21-14-8-3-2-7-13(14)16(17,18)19/h2-10H,1H3,(H2,21,22,24)/b20-10-. The number of rotatable bonds is 4. The summed E-state index contributed by atoms with van der Waals surface area (Å²) in [5.74, 6) is 0.666. The number of para-hydroxylation sites is 1. The van der Waals surface area contributed by atoms with Crippen LogP contribution in [0.2, 0.25) is 0 Å². The number of methoxy groups -OCH3 is 1. The zero-order valence-corrected chi connectivity index (χ0v) is 13.4. The lowest BCUT2D eigenvalue weighted by Crippen LogP contribution is -2.25. The molecule has 2 aromatic rings. The van der Waals surface area contributed by atoms with Crippen molar-refractivity contribution in [3.8, 4) is 5.75 Å². The van der Waals surface area contributed by atoms with E-state index in [1.165, 1.54) is 24.4 Å². The van der Waals surface area contributed by atoms with Crippen molar-refractivity contribution in [2.24, 2.45) is 5.10 Å². The minimum absolute atomic E-state index is 0.0501. The van der Waals surface area contributed by atoms with Gasteiger partial charge in [-0.25, -0.2) is 0 Å². The fraction of sp³-hybridized carbons (Fsp3) is 0.125. The highest BCUT2D eigenvalue weighted by atomic mass is 32.1. The maximum Gasteiger partial charge on any atom is 0.418 e. The summed E-state index contributed by atoms with van der Waals surface area (Å²) in [5, 5.41) is 6.33. The van der Waals surface area contributed by atoms with E-state index in [0.717, 1.165) is 11.6 Å². The average molecular weight is 353 g/mol. The molecule has 2 N–H and O–H groups in total. The molecular weight excluding hydrogens is 339 g/mol. The molecule has 24 heavy (non-hydrogen) atoms. The molecule has 0 fully saturated rings. The normalized spacial score (nSPS) is 11.3. The van der Waals surface area contributed by atoms with E-state index in [4.69, 9.17) is 17.0 Å². The van der Waals surface area contributed by atoms with Crippen LogP contribution in [0.3, 0.4) is 0 Å². The molecular formula is C16H14F3N3OS. The Labute approximate surface area is 142 Å². The van der Waals surface area contributed by atoms with Gasteiger partial charge in [0.05, 0.1) is 24.6 Å². The highest BCUT2D eigenvalue weighted by Crippen LogP contribution is 2.34. The molecule has 0 bridgehead atoms. The third-order valence-electron chi connectivity index (χ3n) is 2.95. The van der Waals surface area contributed by atoms with E-state index in [1.807, 2.05) is 0 Å². The number of anilines is 1. The summed E-state index contributed by atoms with van der Waals surface area (Å²) in [5.41, 5.74) is 2.29. The first-order valence-electron chi connectivity index (χ1n) is 6.80. The van der Waals surface area contributed by atoms with E-state index in [1.54, 1.807) is 31.4 Å². The molecule has 0 saturated carbocycles. The van der Waals surface area contributed by atoms with Gasteiger partial charge in [-0.2, -0.15) is 18.3 Å². The SMILES string of the molecule is COc1cccc(/C=N\NC(=S)Nc2ccccc2C(F)(F)F)c1. The van der Waals surface area contributed by atoms with Gasteiger partial charge in [0.25, 0.3) is 0 Å². The monoisotopic (exact) mass is 353 g/mol. The van der Waals surface area contributed by atoms with E-state index >= 15 is 0 Å². The summed E-state index contributed by atoms with van der Waals surface area (Å²) >= 11 is 4.95. The number of hydrogen-bond acceptors (Lipinski definition) is 3. The Balaban J connectivity index is 2.00. The van der Waals surface area contributed by atoms with Crippen molar-refractivity contribution >= 4 is 29.2 Å². The topological polar surface area (TPSA) is 45.6 Å². The molecule has 0 aliphatic carbocycles. The second kappa shape index (κ2) is 7.78. The molecule has 0 saturated heterocycles. The Morgan fingerprint density at radius 2 is 1.92 bits per heavy atom. The Morgan fingerprint density at radius 1 is 1.17 bits per heavy atom. The van der Waals surface area contributed by atoms with E-state index in [9.17, 15) is 13.2 Å². The largest absolute Gasteiger partial charge is 0.497 e. The quantitative estimate of drug-likeness (QED) is 0.495. The predicted octanol–water partition coefficient (Wildman–Crippen LogP) is 4.03. The third kappa shape index (κ3) is 4.95. The minimum atomic E-state index is -4.47. The van der Waals surface area contributed by atoms with Gasteiger partial charge in [-0.05, 0) is 42.0 Å². The molecule has 4 nitrogen and oxygen atoms in total. The first kappa shape index (κ1) is 17.7. The zero-order chi connectivity index (χ0) is 17.6. The maximum atomic E-state index is 12.9. The highest BCUT2D eigenvalue weighted by molar-refractivity contribution is 7.80. The highest BCUT2D eigenvalue weighted by Gasteiger charge is 2.33. The molecule has 126 valence electrons. The number of halogens is 3. The molecule has 0 amide bonds. The summed E-state index contributed by atoms with van der Waals surface area (Å²) in [6.07, 6.45) is -2.99. The van der Waals surface area contributed by atoms with Gasteiger partial charge in [-0.15, -0.1) is 0 Å². The van der Waals surface area contributed by atoms with Gasteiger partial charge in [0.1, 0.15) is 5.75 Å². The third-order valence-corrected chi connectivity index (χ3v) is 3.15. The Kier molecular flexibility index (Phi) is 5.75. The molecule has 2 rings (SSSR count). The van der Waals surface area contributed by atoms with Crippen molar-refractivity contribution in [3.63, 3.8) is 0 Å². The van der Waals surface area contributed by atoms with Crippen LogP contribution in [0, 0.1) is 0 Å². The number of ether oxygens (including phenoxy) is 1. The molecule has 0 heterocycles. The molecule has 8 heteroatoms. The fourth-order valence-electron chi connectivity index (χ4n) is 1.88. The number of hydrazone groups is 1. The van der Waals surface area contributed by atoms with Gasteiger partial charge in [0.2, 0.25) is 0 Å². The van der Waals surface area contributed by atoms with Crippen LogP contribution in [0.25, 0.3) is 0 Å². The van der Waals surface area contributed by atoms with Crippen LogP contribution in [0.15, 0.2) is 53.6 Å². The fourth-order valence-corrected chi connectivity index (χ4v) is 2.04. The van der Waals surface area contributed by atoms with Gasteiger partial charge < -0.3 is 10.1 Å². The number of benzene rings is 2. The van der Waals surface area contributed by atoms with Crippen molar-refractivity contribution < 1.29 is 17.9 Å². The van der Waals surface area contributed by atoms with Crippen molar-refractivity contribution in [2.45, 2.75) is 6.18 Å². The van der Waals surface area contributed by atoms with Crippen LogP contribution in [-0.2, 0) is 6.18 Å². The van der Waals surface area contributed by atoms with Crippen molar-refractivity contribution in [2.75, 3.05) is 12.4 Å². The first-order valence-corrected chi connectivity index (χ1v) is 7.21. The summed E-state index contributed by atoms with van der Waals surface area (Å²) < 4.78 is 43.8. The lowest BCUT2D eigenvalue weighted by molar-refractivity contribution is -0.136. The summed E-state index contributed by atoms with van der Waals surface area (Å²) in [6, 6.07) is 12.2. The van der Waals surface area contributed by atoms with Crippen LogP contribution in [0.4, 0.5) is 18.9 Å². The van der Waals surface area contributed by atoms with Crippen LogP contribution in [0.5, 0.6) is 5.75 Å². The molecule has 0 spiro atoms. The van der Waals surface area contributed by atoms with Crippen molar-refractivity contribution in [3.05, 3.63) is 59.7 Å². The lowest BCUT2D eigenvalue weighted by Gasteiger charge is -2.14. The number of nitrogens with one attached hydrogen (secondary N) is 2. The number of alkyl halides is 3. The minimum Gasteiger partial charge on any atom is -0.497 e. The van der Waals surface area contributed by atoms with Gasteiger partial charge in [0.15, 0.2) is 5.11 Å². The van der Waals surface area contributed by atoms with Crippen LogP contribution in [0.1, 0.15) is 11.1 Å². The molecule has 0 unspecified atom stereocenters. The lowest BCUT2D eigenvalue weighted by atomic mass is 10.2. The summed E-state index contributed by atoms with van der Waals surface area (Å²) in [4.78, 5) is 0. The van der Waals surface area contributed by atoms with Crippen LogP contribution < -0.4 is 15.5 Å². The summed E-state index contributed by atoms with van der Waals surface area (Å²) in [6.45, 7) is 0. The zero-order valence-electron chi connectivity index (χ0n) is 12.6. The molecule has 0 atom stereocenters. The second-order valence-electron chi connectivity index (χ2n) is 4.64. The molecule has 0 radical (unpaired) electrons. The van der Waals surface area contributed by atoms with Gasteiger partial charge in [-0.3, -0.25) is 5.43 Å². The summed E-state index contributed by atoms with van der Waals surface area (Å²) in [7, 11) is 1.55. The van der Waals surface area contributed by atoms with Gasteiger partial charge >= 0.3 is 6.18 Å². The van der Waals surface area contributed by atoms with E-state index in [-0.39, 0.29) is 10.8 Å². The number of hydrogen-bond donors (Lipinski definition) is 2. The average Bonchev–Trinajstić information content (AvgIpc) is 2.54. The van der Waals surface area contributed by atoms with Gasteiger partial charge in [0, 0.05) is 0 Å². The van der Waals surface area contributed by atoms with Crippen molar-refractivity contribution in [1.82, 2.24) is 5.43 Å². The molecule has 0 aliphatic heterocycles. The van der Waals surface area contributed by atoms with E-state index in [2.05, 4.69) is 15.8 Å². The van der Waals surface area contributed by atoms with Crippen LogP contribution >= 0.6 is 12.2 Å². The Morgan fingerprint density at radius 3 is 2.62 bits per heavy atom. The molecule has 2 aromatic carbocycles. The van der Waals surface area contributed by atoms with Crippen molar-refractivity contribution in [1.29, 1.82) is 0 Å². The number of thiocarbonyl (C=S) groups is 1. The number of nitrogens with zero attached hydrogens (tertiary/aromatic N) is 1. The van der Waals surface area contributed by atoms with E-state index in [0.29, 0.717) is 5.75 Å². The Hall–Kier alpha value is -2.61. The van der Waals surface area contributed by atoms with Gasteiger partial charge in [-0.1, -0.05) is 24.3 Å². The maximum absolute atomic E-state index is 12.9. The molecule has 0 aromatic heterocycles.